The molecule has 0 radical (unpaired) electrons. The van der Waals surface area contributed by atoms with Crippen LogP contribution in [-0.2, 0) is 4.74 Å². The molecule has 0 saturated carbocycles. The van der Waals surface area contributed by atoms with Crippen molar-refractivity contribution in [1.29, 1.82) is 0 Å². The number of aromatic nitrogens is 1. The standard InChI is InChI=1S/C13H20N2O/c1-10-3-4-13(16-10)9-15-11(2)12-5-7-14-8-6-12/h5-8,10-11,13,15H,3-4,9H2,1-2H3/t10?,11-,13?/m1/s1. The van der Waals surface area contributed by atoms with E-state index < -0.39 is 0 Å². The molecule has 2 rings (SSSR count). The summed E-state index contributed by atoms with van der Waals surface area (Å²) in [7, 11) is 0. The van der Waals surface area contributed by atoms with Crippen molar-refractivity contribution < 1.29 is 4.74 Å². The van der Waals surface area contributed by atoms with Crippen LogP contribution < -0.4 is 5.32 Å². The average molecular weight is 220 g/mol. The largest absolute Gasteiger partial charge is 0.374 e. The first-order chi connectivity index (χ1) is 7.75. The summed E-state index contributed by atoms with van der Waals surface area (Å²) in [6, 6.07) is 4.47. The van der Waals surface area contributed by atoms with E-state index in [0.717, 1.165) is 6.54 Å². The molecule has 2 heterocycles. The molecule has 0 spiro atoms. The second-order valence-corrected chi connectivity index (χ2v) is 4.56. The molecule has 3 atom stereocenters. The summed E-state index contributed by atoms with van der Waals surface area (Å²) in [5, 5.41) is 3.51. The van der Waals surface area contributed by atoms with Crippen molar-refractivity contribution in [3.63, 3.8) is 0 Å². The molecule has 1 fully saturated rings. The molecule has 1 aliphatic heterocycles. The summed E-state index contributed by atoms with van der Waals surface area (Å²) in [5.41, 5.74) is 1.28. The minimum Gasteiger partial charge on any atom is -0.374 e. The van der Waals surface area contributed by atoms with E-state index in [1.54, 1.807) is 0 Å². The Morgan fingerprint density at radius 2 is 2.19 bits per heavy atom. The number of ether oxygens (including phenoxy) is 1. The van der Waals surface area contributed by atoms with Gasteiger partial charge in [0.2, 0.25) is 0 Å². The van der Waals surface area contributed by atoms with Crippen molar-refractivity contribution in [2.24, 2.45) is 0 Å². The Kier molecular flexibility index (Phi) is 3.91. The van der Waals surface area contributed by atoms with Crippen LogP contribution in [0, 0.1) is 0 Å². The van der Waals surface area contributed by atoms with E-state index >= 15 is 0 Å². The molecular weight excluding hydrogens is 200 g/mol. The van der Waals surface area contributed by atoms with Crippen molar-refractivity contribution in [3.05, 3.63) is 30.1 Å². The fourth-order valence-corrected chi connectivity index (χ4v) is 2.11. The Labute approximate surface area is 97.2 Å². The van der Waals surface area contributed by atoms with Crippen LogP contribution in [0.2, 0.25) is 0 Å². The predicted molar refractivity (Wildman–Crippen MR) is 64.2 cm³/mol. The zero-order valence-corrected chi connectivity index (χ0v) is 10.0. The van der Waals surface area contributed by atoms with Crippen molar-refractivity contribution in [2.75, 3.05) is 6.54 Å². The Hall–Kier alpha value is -0.930. The van der Waals surface area contributed by atoms with Gasteiger partial charge in [-0.25, -0.2) is 0 Å². The Morgan fingerprint density at radius 3 is 2.81 bits per heavy atom. The summed E-state index contributed by atoms with van der Waals surface area (Å²) in [5.74, 6) is 0. The van der Waals surface area contributed by atoms with Gasteiger partial charge in [0.15, 0.2) is 0 Å². The maximum Gasteiger partial charge on any atom is 0.0704 e. The third kappa shape index (κ3) is 3.03. The highest BCUT2D eigenvalue weighted by Crippen LogP contribution is 2.19. The van der Waals surface area contributed by atoms with E-state index in [1.807, 2.05) is 12.4 Å². The number of pyridine rings is 1. The van der Waals surface area contributed by atoms with Gasteiger partial charge in [-0.05, 0) is 44.4 Å². The molecule has 88 valence electrons. The van der Waals surface area contributed by atoms with Gasteiger partial charge in [0.25, 0.3) is 0 Å². The molecule has 0 aromatic carbocycles. The van der Waals surface area contributed by atoms with Gasteiger partial charge in [-0.15, -0.1) is 0 Å². The second-order valence-electron chi connectivity index (χ2n) is 4.56. The highest BCUT2D eigenvalue weighted by molar-refractivity contribution is 5.13. The van der Waals surface area contributed by atoms with Crippen molar-refractivity contribution in [2.45, 2.75) is 44.9 Å². The van der Waals surface area contributed by atoms with E-state index in [2.05, 4.69) is 36.3 Å². The fraction of sp³-hybridized carbons (Fsp3) is 0.615. The zero-order valence-electron chi connectivity index (χ0n) is 10.0. The molecule has 1 saturated heterocycles. The third-order valence-electron chi connectivity index (χ3n) is 3.18. The monoisotopic (exact) mass is 220 g/mol. The molecule has 3 heteroatoms. The van der Waals surface area contributed by atoms with Crippen molar-refractivity contribution in [3.8, 4) is 0 Å². The van der Waals surface area contributed by atoms with Crippen LogP contribution in [-0.4, -0.2) is 23.7 Å². The minimum absolute atomic E-state index is 0.363. The van der Waals surface area contributed by atoms with Gasteiger partial charge in [0.1, 0.15) is 0 Å². The number of hydrogen-bond donors (Lipinski definition) is 1. The fourth-order valence-electron chi connectivity index (χ4n) is 2.11. The molecule has 3 nitrogen and oxygen atoms in total. The first kappa shape index (κ1) is 11.6. The van der Waals surface area contributed by atoms with E-state index in [0.29, 0.717) is 18.2 Å². The number of nitrogens with one attached hydrogen (secondary N) is 1. The molecule has 2 unspecified atom stereocenters. The molecule has 0 bridgehead atoms. The van der Waals surface area contributed by atoms with Crippen LogP contribution in [0.5, 0.6) is 0 Å². The quantitative estimate of drug-likeness (QED) is 0.845. The molecule has 16 heavy (non-hydrogen) atoms. The lowest BCUT2D eigenvalue weighted by Crippen LogP contribution is -2.29. The Bertz CT molecular complexity index is 315. The number of rotatable bonds is 4. The second kappa shape index (κ2) is 5.41. The molecule has 1 aromatic heterocycles. The summed E-state index contributed by atoms with van der Waals surface area (Å²) < 4.78 is 5.77. The summed E-state index contributed by atoms with van der Waals surface area (Å²) in [6.45, 7) is 5.26. The number of hydrogen-bond acceptors (Lipinski definition) is 3. The lowest BCUT2D eigenvalue weighted by molar-refractivity contribution is 0.0546. The van der Waals surface area contributed by atoms with Crippen LogP contribution in [0.1, 0.15) is 38.3 Å². The SMILES string of the molecule is CC1CCC(CN[C@H](C)c2ccncc2)O1. The third-order valence-corrected chi connectivity index (χ3v) is 3.18. The lowest BCUT2D eigenvalue weighted by atomic mass is 10.1. The molecule has 1 aliphatic rings. The van der Waals surface area contributed by atoms with E-state index in [9.17, 15) is 0 Å². The topological polar surface area (TPSA) is 34.2 Å². The molecule has 0 amide bonds. The maximum absolute atomic E-state index is 5.77. The molecular formula is C13H20N2O. The first-order valence-corrected chi connectivity index (χ1v) is 6.04. The van der Waals surface area contributed by atoms with Gasteiger partial charge in [0.05, 0.1) is 12.2 Å². The first-order valence-electron chi connectivity index (χ1n) is 6.04. The van der Waals surface area contributed by atoms with Gasteiger partial charge in [-0.3, -0.25) is 4.98 Å². The summed E-state index contributed by atoms with van der Waals surface area (Å²) >= 11 is 0. The van der Waals surface area contributed by atoms with Crippen molar-refractivity contribution in [1.82, 2.24) is 10.3 Å². The van der Waals surface area contributed by atoms with Gasteiger partial charge in [-0.2, -0.15) is 0 Å². The summed E-state index contributed by atoms with van der Waals surface area (Å²) in [4.78, 5) is 4.02. The molecule has 0 aliphatic carbocycles. The Morgan fingerprint density at radius 1 is 1.44 bits per heavy atom. The number of nitrogens with zero attached hydrogens (tertiary/aromatic N) is 1. The van der Waals surface area contributed by atoms with Gasteiger partial charge < -0.3 is 10.1 Å². The van der Waals surface area contributed by atoms with Crippen LogP contribution in [0.15, 0.2) is 24.5 Å². The average Bonchev–Trinajstić information content (AvgIpc) is 2.73. The molecule has 1 N–H and O–H groups in total. The predicted octanol–water partition coefficient (Wildman–Crippen LogP) is 2.30. The van der Waals surface area contributed by atoms with Gasteiger partial charge >= 0.3 is 0 Å². The van der Waals surface area contributed by atoms with Gasteiger partial charge in [0, 0.05) is 25.0 Å². The van der Waals surface area contributed by atoms with E-state index in [-0.39, 0.29) is 0 Å². The summed E-state index contributed by atoms with van der Waals surface area (Å²) in [6.07, 6.45) is 6.86. The van der Waals surface area contributed by atoms with Crippen LogP contribution >= 0.6 is 0 Å². The van der Waals surface area contributed by atoms with Gasteiger partial charge in [-0.1, -0.05) is 0 Å². The smallest absolute Gasteiger partial charge is 0.0704 e. The maximum atomic E-state index is 5.77. The lowest BCUT2D eigenvalue weighted by Gasteiger charge is -2.17. The van der Waals surface area contributed by atoms with Crippen molar-refractivity contribution >= 4 is 0 Å². The van der Waals surface area contributed by atoms with E-state index in [4.69, 9.17) is 4.74 Å². The Balaban J connectivity index is 1.78. The van der Waals surface area contributed by atoms with E-state index in [1.165, 1.54) is 18.4 Å². The molecule has 1 aromatic rings. The highest BCUT2D eigenvalue weighted by atomic mass is 16.5. The minimum atomic E-state index is 0.363. The van der Waals surface area contributed by atoms with Crippen LogP contribution in [0.4, 0.5) is 0 Å². The van der Waals surface area contributed by atoms with Crippen LogP contribution in [0.3, 0.4) is 0 Å². The highest BCUT2D eigenvalue weighted by Gasteiger charge is 2.21. The normalized spacial score (nSPS) is 26.9. The zero-order chi connectivity index (χ0) is 11.4. The van der Waals surface area contributed by atoms with Crippen LogP contribution in [0.25, 0.3) is 0 Å².